The fraction of sp³-hybridized carbons (Fsp3) is 1.00. The van der Waals surface area contributed by atoms with Gasteiger partial charge in [0.05, 0.1) is 6.61 Å². The Morgan fingerprint density at radius 2 is 1.95 bits per heavy atom. The average Bonchev–Trinajstić information content (AvgIpc) is 2.47. The highest BCUT2D eigenvalue weighted by Crippen LogP contribution is 2.36. The number of aliphatic hydroxyl groups excluding tert-OH is 1. The van der Waals surface area contributed by atoms with Crippen LogP contribution in [0, 0.1) is 11.8 Å². The third kappa shape index (κ3) is 4.17. The largest absolute Gasteiger partial charge is 0.394 e. The first-order valence-corrected chi connectivity index (χ1v) is 8.19. The third-order valence-electron chi connectivity index (χ3n) is 5.53. The Balaban J connectivity index is 1.69. The zero-order valence-electron chi connectivity index (χ0n) is 12.8. The van der Waals surface area contributed by atoms with Crippen LogP contribution in [0.1, 0.15) is 51.9 Å². The fourth-order valence-corrected chi connectivity index (χ4v) is 3.86. The van der Waals surface area contributed by atoms with Crippen LogP contribution in [-0.2, 0) is 0 Å². The molecule has 0 radical (unpaired) electrons. The number of hydrogen-bond donors (Lipinski definition) is 2. The van der Waals surface area contributed by atoms with E-state index in [1.54, 1.807) is 0 Å². The lowest BCUT2D eigenvalue weighted by Gasteiger charge is -2.41. The smallest absolute Gasteiger partial charge is 0.0610 e. The number of nitrogens with zero attached hydrogens (tertiary/aromatic N) is 1. The Morgan fingerprint density at radius 1 is 1.21 bits per heavy atom. The maximum atomic E-state index is 9.40. The topological polar surface area (TPSA) is 35.5 Å². The molecule has 2 fully saturated rings. The van der Waals surface area contributed by atoms with Crippen LogP contribution in [0.3, 0.4) is 0 Å². The van der Waals surface area contributed by atoms with Gasteiger partial charge in [-0.3, -0.25) is 0 Å². The van der Waals surface area contributed by atoms with E-state index in [1.807, 2.05) is 7.05 Å². The van der Waals surface area contributed by atoms with E-state index in [2.05, 4.69) is 17.1 Å². The van der Waals surface area contributed by atoms with Crippen LogP contribution in [0.4, 0.5) is 0 Å². The minimum Gasteiger partial charge on any atom is -0.394 e. The van der Waals surface area contributed by atoms with Crippen LogP contribution in [0.15, 0.2) is 0 Å². The highest BCUT2D eigenvalue weighted by molar-refractivity contribution is 4.85. The molecule has 3 nitrogen and oxygen atoms in total. The predicted octanol–water partition coefficient (Wildman–Crippen LogP) is 2.25. The summed E-state index contributed by atoms with van der Waals surface area (Å²) >= 11 is 0. The number of fused-ring (bicyclic) bond motifs is 1. The number of piperidine rings is 1. The summed E-state index contributed by atoms with van der Waals surface area (Å²) in [6.45, 7) is 6.19. The molecule has 112 valence electrons. The van der Waals surface area contributed by atoms with E-state index in [0.717, 1.165) is 18.3 Å². The summed E-state index contributed by atoms with van der Waals surface area (Å²) in [6.07, 6.45) is 9.55. The summed E-state index contributed by atoms with van der Waals surface area (Å²) < 4.78 is 0. The van der Waals surface area contributed by atoms with Gasteiger partial charge >= 0.3 is 0 Å². The lowest BCUT2D eigenvalue weighted by atomic mass is 9.75. The lowest BCUT2D eigenvalue weighted by molar-refractivity contribution is 0.0819. The minimum absolute atomic E-state index is 0.0941. The van der Waals surface area contributed by atoms with E-state index in [9.17, 15) is 5.11 Å². The Kier molecular flexibility index (Phi) is 5.67. The van der Waals surface area contributed by atoms with Gasteiger partial charge in [-0.25, -0.2) is 0 Å². The second kappa shape index (κ2) is 7.05. The van der Waals surface area contributed by atoms with Gasteiger partial charge in [-0.15, -0.1) is 0 Å². The first-order valence-electron chi connectivity index (χ1n) is 8.19. The van der Waals surface area contributed by atoms with Gasteiger partial charge in [-0.2, -0.15) is 0 Å². The highest BCUT2D eigenvalue weighted by Gasteiger charge is 2.31. The quantitative estimate of drug-likeness (QED) is 0.775. The van der Waals surface area contributed by atoms with Crippen molar-refractivity contribution in [2.75, 3.05) is 33.3 Å². The molecule has 1 aliphatic carbocycles. The van der Waals surface area contributed by atoms with Crippen LogP contribution in [0.25, 0.3) is 0 Å². The lowest BCUT2D eigenvalue weighted by Crippen LogP contribution is -2.45. The molecule has 0 aromatic heterocycles. The van der Waals surface area contributed by atoms with Gasteiger partial charge in [-0.05, 0) is 64.6 Å². The molecule has 3 unspecified atom stereocenters. The van der Waals surface area contributed by atoms with Crippen LogP contribution in [-0.4, -0.2) is 48.8 Å². The number of likely N-dealkylation sites (tertiary alicyclic amines) is 1. The van der Waals surface area contributed by atoms with Crippen molar-refractivity contribution < 1.29 is 5.11 Å². The van der Waals surface area contributed by atoms with Gasteiger partial charge in [0, 0.05) is 12.1 Å². The number of likely N-dealkylation sites (N-methyl/N-ethyl adjacent to an activating group) is 1. The molecule has 1 aliphatic heterocycles. The maximum Gasteiger partial charge on any atom is 0.0610 e. The summed E-state index contributed by atoms with van der Waals surface area (Å²) in [6, 6.07) is 0. The maximum absolute atomic E-state index is 9.40. The molecule has 1 saturated carbocycles. The summed E-state index contributed by atoms with van der Waals surface area (Å²) in [4.78, 5) is 2.67. The minimum atomic E-state index is -0.0941. The molecular weight excluding hydrogens is 236 g/mol. The standard InChI is InChI=1S/C16H32N2O/c1-16(13-19,17-2)9-5-10-18-11-8-14-6-3-4-7-15(14)12-18/h14-15,17,19H,3-13H2,1-2H3. The van der Waals surface area contributed by atoms with Gasteiger partial charge in [0.25, 0.3) is 0 Å². The van der Waals surface area contributed by atoms with Crippen LogP contribution >= 0.6 is 0 Å². The van der Waals surface area contributed by atoms with Crippen molar-refractivity contribution in [3.05, 3.63) is 0 Å². The van der Waals surface area contributed by atoms with Crippen molar-refractivity contribution in [2.45, 2.75) is 57.4 Å². The average molecular weight is 268 g/mol. The van der Waals surface area contributed by atoms with Gasteiger partial charge in [0.15, 0.2) is 0 Å². The Morgan fingerprint density at radius 3 is 2.63 bits per heavy atom. The zero-order valence-corrected chi connectivity index (χ0v) is 12.8. The van der Waals surface area contributed by atoms with E-state index >= 15 is 0 Å². The van der Waals surface area contributed by atoms with E-state index < -0.39 is 0 Å². The van der Waals surface area contributed by atoms with E-state index in [1.165, 1.54) is 58.2 Å². The number of nitrogens with one attached hydrogen (secondary N) is 1. The summed E-state index contributed by atoms with van der Waals surface area (Å²) in [5.74, 6) is 2.01. The first-order chi connectivity index (χ1) is 9.17. The molecule has 0 aromatic rings. The molecule has 1 saturated heterocycles. The van der Waals surface area contributed by atoms with Crippen LogP contribution < -0.4 is 5.32 Å². The van der Waals surface area contributed by atoms with Crippen molar-refractivity contribution in [1.82, 2.24) is 10.2 Å². The number of hydrogen-bond acceptors (Lipinski definition) is 3. The van der Waals surface area contributed by atoms with Crippen LogP contribution in [0.5, 0.6) is 0 Å². The second-order valence-electron chi connectivity index (χ2n) is 6.97. The fourth-order valence-electron chi connectivity index (χ4n) is 3.86. The monoisotopic (exact) mass is 268 g/mol. The zero-order chi connectivity index (χ0) is 13.7. The molecule has 1 heterocycles. The number of rotatable bonds is 6. The van der Waals surface area contributed by atoms with Gasteiger partial charge in [-0.1, -0.05) is 19.3 Å². The molecular formula is C16H32N2O. The normalized spacial score (nSPS) is 31.7. The predicted molar refractivity (Wildman–Crippen MR) is 80.3 cm³/mol. The van der Waals surface area contributed by atoms with Crippen molar-refractivity contribution in [3.63, 3.8) is 0 Å². The summed E-state index contributed by atoms with van der Waals surface area (Å²) in [5.41, 5.74) is -0.0941. The molecule has 2 rings (SSSR count). The Bertz CT molecular complexity index is 265. The molecule has 0 aromatic carbocycles. The van der Waals surface area contributed by atoms with Gasteiger partial charge < -0.3 is 15.3 Å². The first kappa shape index (κ1) is 15.3. The molecule has 0 spiro atoms. The molecule has 0 amide bonds. The Labute approximate surface area is 118 Å². The third-order valence-corrected chi connectivity index (χ3v) is 5.53. The highest BCUT2D eigenvalue weighted by atomic mass is 16.3. The van der Waals surface area contributed by atoms with Crippen molar-refractivity contribution in [3.8, 4) is 0 Å². The SMILES string of the molecule is CNC(C)(CO)CCCN1CCC2CCCCC2C1. The molecule has 2 N–H and O–H groups in total. The van der Waals surface area contributed by atoms with E-state index in [-0.39, 0.29) is 12.1 Å². The van der Waals surface area contributed by atoms with Crippen molar-refractivity contribution in [1.29, 1.82) is 0 Å². The summed E-state index contributed by atoms with van der Waals surface area (Å²) in [5, 5.41) is 12.6. The molecule has 0 bridgehead atoms. The van der Waals surface area contributed by atoms with Crippen molar-refractivity contribution in [2.24, 2.45) is 11.8 Å². The molecule has 3 atom stereocenters. The second-order valence-corrected chi connectivity index (χ2v) is 6.97. The Hall–Kier alpha value is -0.120. The summed E-state index contributed by atoms with van der Waals surface area (Å²) in [7, 11) is 1.95. The molecule has 19 heavy (non-hydrogen) atoms. The number of aliphatic hydroxyl groups is 1. The van der Waals surface area contributed by atoms with Gasteiger partial charge in [0.2, 0.25) is 0 Å². The van der Waals surface area contributed by atoms with E-state index in [0.29, 0.717) is 0 Å². The van der Waals surface area contributed by atoms with E-state index in [4.69, 9.17) is 0 Å². The van der Waals surface area contributed by atoms with Gasteiger partial charge in [0.1, 0.15) is 0 Å². The van der Waals surface area contributed by atoms with Crippen molar-refractivity contribution >= 4 is 0 Å². The molecule has 3 heteroatoms. The van der Waals surface area contributed by atoms with Crippen LogP contribution in [0.2, 0.25) is 0 Å². The molecule has 2 aliphatic rings.